The number of benzene rings is 2. The van der Waals surface area contributed by atoms with Crippen molar-refractivity contribution in [2.75, 3.05) is 30.3 Å². The molecule has 0 unspecified atom stereocenters. The number of ether oxygens (including phenoxy) is 1. The monoisotopic (exact) mass is 648 g/mol. The van der Waals surface area contributed by atoms with Crippen molar-refractivity contribution in [3.63, 3.8) is 0 Å². The van der Waals surface area contributed by atoms with Crippen LogP contribution in [0, 0.1) is 12.8 Å². The van der Waals surface area contributed by atoms with E-state index < -0.39 is 12.8 Å². The van der Waals surface area contributed by atoms with Crippen LogP contribution in [0.15, 0.2) is 72.9 Å². The number of aromatic nitrogens is 3. The van der Waals surface area contributed by atoms with E-state index in [4.69, 9.17) is 5.10 Å². The third-order valence-corrected chi connectivity index (χ3v) is 8.00. The second-order valence-electron chi connectivity index (χ2n) is 12.9. The largest absolute Gasteiger partial charge is 0.468 e. The molecule has 1 saturated heterocycles. The molecular formula is C35H39F3N6O3. The summed E-state index contributed by atoms with van der Waals surface area (Å²) in [6.07, 6.45) is -0.731. The number of nitrogens with zero attached hydrogens (tertiary/aromatic N) is 4. The molecule has 1 aliphatic heterocycles. The molecule has 9 nitrogen and oxygen atoms in total. The molecule has 12 heteroatoms. The zero-order chi connectivity index (χ0) is 33.8. The van der Waals surface area contributed by atoms with Crippen LogP contribution in [0.3, 0.4) is 0 Å². The first-order chi connectivity index (χ1) is 22.2. The molecule has 5 rings (SSSR count). The van der Waals surface area contributed by atoms with Gasteiger partial charge >= 0.3 is 12.2 Å². The molecule has 4 aromatic rings. The molecule has 2 aromatic carbocycles. The first-order valence-corrected chi connectivity index (χ1v) is 15.5. The lowest BCUT2D eigenvalue weighted by Crippen LogP contribution is -2.39. The molecule has 2 aromatic heterocycles. The van der Waals surface area contributed by atoms with E-state index in [1.54, 1.807) is 9.58 Å². The Kier molecular flexibility index (Phi) is 9.88. The number of amides is 3. The minimum Gasteiger partial charge on any atom is -0.468 e. The Labute approximate surface area is 272 Å². The van der Waals surface area contributed by atoms with Gasteiger partial charge in [-0.2, -0.15) is 18.3 Å². The lowest BCUT2D eigenvalue weighted by molar-refractivity contribution is -0.154. The van der Waals surface area contributed by atoms with Crippen LogP contribution in [-0.4, -0.2) is 57.5 Å². The summed E-state index contributed by atoms with van der Waals surface area (Å²) in [4.78, 5) is 31.5. The Morgan fingerprint density at radius 2 is 1.62 bits per heavy atom. The number of pyridine rings is 1. The van der Waals surface area contributed by atoms with Crippen LogP contribution in [0.25, 0.3) is 5.69 Å². The number of carbonyl (C=O) groups is 2. The number of likely N-dealkylation sites (tertiary alicyclic amines) is 1. The van der Waals surface area contributed by atoms with Crippen LogP contribution in [0.2, 0.25) is 0 Å². The number of aryl methyl sites for hydroxylation is 1. The Morgan fingerprint density at radius 3 is 2.21 bits per heavy atom. The number of urea groups is 1. The molecular weight excluding hydrogens is 609 g/mol. The van der Waals surface area contributed by atoms with Gasteiger partial charge in [0, 0.05) is 42.5 Å². The molecule has 3 amide bonds. The number of carbonyl (C=O) groups excluding carboxylic acids is 2. The summed E-state index contributed by atoms with van der Waals surface area (Å²) in [7, 11) is 0. The van der Waals surface area contributed by atoms with Crippen LogP contribution >= 0.6 is 0 Å². The predicted octanol–water partition coefficient (Wildman–Crippen LogP) is 7.55. The van der Waals surface area contributed by atoms with Gasteiger partial charge < -0.3 is 15.0 Å². The highest BCUT2D eigenvalue weighted by molar-refractivity contribution is 5.99. The zero-order valence-corrected chi connectivity index (χ0v) is 26.9. The number of halogens is 3. The Bertz CT molecular complexity index is 1670. The maximum atomic E-state index is 13.0. The first-order valence-electron chi connectivity index (χ1n) is 15.5. The van der Waals surface area contributed by atoms with Gasteiger partial charge in [-0.15, -0.1) is 0 Å². The molecule has 0 saturated carbocycles. The average Bonchev–Trinajstić information content (AvgIpc) is 3.45. The summed E-state index contributed by atoms with van der Waals surface area (Å²) in [5, 5.41) is 10.6. The van der Waals surface area contributed by atoms with E-state index in [0.29, 0.717) is 36.1 Å². The average molecular weight is 649 g/mol. The number of rotatable bonds is 8. The fourth-order valence-corrected chi connectivity index (χ4v) is 5.33. The number of nitrogens with one attached hydrogen (secondary N) is 2. The highest BCUT2D eigenvalue weighted by atomic mass is 19.4. The number of anilines is 2. The molecule has 1 fully saturated rings. The molecule has 0 bridgehead atoms. The topological polar surface area (TPSA) is 101 Å². The number of hydrogen-bond donors (Lipinski definition) is 2. The van der Waals surface area contributed by atoms with Crippen molar-refractivity contribution < 1.29 is 27.5 Å². The van der Waals surface area contributed by atoms with Crippen molar-refractivity contribution in [1.29, 1.82) is 0 Å². The Morgan fingerprint density at radius 1 is 0.936 bits per heavy atom. The minimum atomic E-state index is -4.46. The maximum absolute atomic E-state index is 13.0. The molecule has 0 radical (unpaired) electrons. The van der Waals surface area contributed by atoms with Crippen molar-refractivity contribution >= 4 is 23.4 Å². The Hall–Kier alpha value is -4.87. The van der Waals surface area contributed by atoms with Crippen molar-refractivity contribution in [3.05, 3.63) is 95.3 Å². The van der Waals surface area contributed by atoms with Gasteiger partial charge in [-0.1, -0.05) is 50.6 Å². The zero-order valence-electron chi connectivity index (χ0n) is 26.9. The van der Waals surface area contributed by atoms with E-state index in [1.165, 1.54) is 18.3 Å². The van der Waals surface area contributed by atoms with Crippen LogP contribution in [0.5, 0.6) is 5.88 Å². The van der Waals surface area contributed by atoms with Gasteiger partial charge in [0.1, 0.15) is 5.82 Å². The fourth-order valence-electron chi connectivity index (χ4n) is 5.33. The third kappa shape index (κ3) is 9.11. The van der Waals surface area contributed by atoms with Gasteiger partial charge in [0.05, 0.1) is 16.9 Å². The summed E-state index contributed by atoms with van der Waals surface area (Å²) in [5.74, 6) is 0.570. The van der Waals surface area contributed by atoms with Gasteiger partial charge in [0.2, 0.25) is 5.88 Å². The smallest absolute Gasteiger partial charge is 0.422 e. The number of piperidine rings is 1. The van der Waals surface area contributed by atoms with Gasteiger partial charge in [0.25, 0.3) is 5.91 Å². The maximum Gasteiger partial charge on any atom is 0.422 e. The van der Waals surface area contributed by atoms with Crippen molar-refractivity contribution in [1.82, 2.24) is 19.7 Å². The molecule has 248 valence electrons. The minimum absolute atomic E-state index is 0.181. The third-order valence-electron chi connectivity index (χ3n) is 8.00. The van der Waals surface area contributed by atoms with Gasteiger partial charge in [0.15, 0.2) is 6.61 Å². The SMILES string of the molecule is Cc1ccc(-n2nc(C(C)(C)C)cc2NC(=O)Nc2ccc(CC3CCN(C(=O)c4ccc(OCC(F)(F)F)nc4)CC3)cc2)cc1. The molecule has 3 heterocycles. The summed E-state index contributed by atoms with van der Waals surface area (Å²) >= 11 is 0. The van der Waals surface area contributed by atoms with E-state index in [2.05, 4.69) is 41.1 Å². The Balaban J connectivity index is 1.11. The first kappa shape index (κ1) is 33.5. The molecule has 0 spiro atoms. The van der Waals surface area contributed by atoms with Gasteiger partial charge in [-0.25, -0.2) is 14.5 Å². The summed E-state index contributed by atoms with van der Waals surface area (Å²) < 4.78 is 43.4. The highest BCUT2D eigenvalue weighted by Gasteiger charge is 2.29. The molecule has 2 N–H and O–H groups in total. The van der Waals surface area contributed by atoms with E-state index in [1.807, 2.05) is 61.5 Å². The summed E-state index contributed by atoms with van der Waals surface area (Å²) in [6.45, 7) is 7.96. The van der Waals surface area contributed by atoms with Crippen LogP contribution in [0.4, 0.5) is 29.5 Å². The summed E-state index contributed by atoms with van der Waals surface area (Å²) in [6, 6.07) is 19.9. The molecule has 0 atom stereocenters. The van der Waals surface area contributed by atoms with Gasteiger partial charge in [-0.3, -0.25) is 10.1 Å². The standard InChI is InChI=1S/C35H39F3N6O3/c1-23-5-12-28(13-6-23)44-30(20-29(42-44)34(2,3)4)41-33(46)40-27-10-7-24(8-11-27)19-25-15-17-43(18-16-25)32(45)26-9-14-31(39-21-26)47-22-35(36,37)38/h5-14,20-21,25H,15-19,22H2,1-4H3,(H2,40,41,46). The second-order valence-corrected chi connectivity index (χ2v) is 12.9. The van der Waals surface area contributed by atoms with Crippen molar-refractivity contribution in [2.24, 2.45) is 5.92 Å². The van der Waals surface area contributed by atoms with Crippen LogP contribution in [0.1, 0.15) is 60.8 Å². The van der Waals surface area contributed by atoms with Crippen LogP contribution in [-0.2, 0) is 11.8 Å². The highest BCUT2D eigenvalue weighted by Crippen LogP contribution is 2.27. The van der Waals surface area contributed by atoms with E-state index in [9.17, 15) is 22.8 Å². The van der Waals surface area contributed by atoms with Crippen LogP contribution < -0.4 is 15.4 Å². The lowest BCUT2D eigenvalue weighted by atomic mass is 9.90. The normalized spacial score (nSPS) is 14.1. The molecule has 0 aliphatic carbocycles. The van der Waals surface area contributed by atoms with E-state index in [-0.39, 0.29) is 23.2 Å². The van der Waals surface area contributed by atoms with E-state index in [0.717, 1.165) is 41.8 Å². The second kappa shape index (κ2) is 13.9. The van der Waals surface area contributed by atoms with Gasteiger partial charge in [-0.05, 0) is 68.0 Å². The lowest BCUT2D eigenvalue weighted by Gasteiger charge is -2.32. The molecule has 1 aliphatic rings. The molecule has 47 heavy (non-hydrogen) atoms. The summed E-state index contributed by atoms with van der Waals surface area (Å²) in [5.41, 5.74) is 4.74. The van der Waals surface area contributed by atoms with Crippen molar-refractivity contribution in [3.8, 4) is 11.6 Å². The van der Waals surface area contributed by atoms with Crippen molar-refractivity contribution in [2.45, 2.75) is 58.5 Å². The predicted molar refractivity (Wildman–Crippen MR) is 174 cm³/mol. The quantitative estimate of drug-likeness (QED) is 0.206. The fraction of sp³-hybridized carbons (Fsp3) is 0.371. The van der Waals surface area contributed by atoms with E-state index >= 15 is 0 Å². The number of hydrogen-bond acceptors (Lipinski definition) is 5. The number of alkyl halides is 3.